The Morgan fingerprint density at radius 3 is 1.83 bits per heavy atom. The number of benzene rings is 8. The smallest absolute Gasteiger partial charge is 0.164 e. The summed E-state index contributed by atoms with van der Waals surface area (Å²) in [5.74, 6) is 0.625. The summed E-state index contributed by atoms with van der Waals surface area (Å²) in [6.07, 6.45) is 0. The van der Waals surface area contributed by atoms with Crippen molar-refractivity contribution in [2.75, 3.05) is 0 Å². The van der Waals surface area contributed by atoms with E-state index in [0.29, 0.717) is 5.82 Å². The van der Waals surface area contributed by atoms with Crippen molar-refractivity contribution in [2.24, 2.45) is 0 Å². The number of pyridine rings is 1. The third kappa shape index (κ3) is 5.25. The molecule has 0 aliphatic carbocycles. The number of hydrogen-bond acceptors (Lipinski definition) is 5. The third-order valence-corrected chi connectivity index (χ3v) is 12.4. The largest absolute Gasteiger partial charge is 0.455 e. The number of nitrogens with zero attached hydrogens (tertiary/aromatic N) is 3. The highest BCUT2D eigenvalue weighted by atomic mass is 32.1. The third-order valence-electron chi connectivity index (χ3n) is 11.3. The molecule has 0 fully saturated rings. The van der Waals surface area contributed by atoms with Crippen molar-refractivity contribution in [1.29, 1.82) is 0 Å². The Morgan fingerprint density at radius 1 is 0.379 bits per heavy atom. The van der Waals surface area contributed by atoms with E-state index < -0.39 is 0 Å². The summed E-state index contributed by atoms with van der Waals surface area (Å²) in [7, 11) is 0. The Balaban J connectivity index is 0.999. The maximum absolute atomic E-state index is 6.43. The van der Waals surface area contributed by atoms with Gasteiger partial charge < -0.3 is 4.42 Å². The van der Waals surface area contributed by atoms with E-state index in [4.69, 9.17) is 19.4 Å². The summed E-state index contributed by atoms with van der Waals surface area (Å²) in [6.45, 7) is 0. The number of rotatable bonds is 5. The van der Waals surface area contributed by atoms with Crippen LogP contribution in [0, 0.1) is 0 Å². The van der Waals surface area contributed by atoms with E-state index in [1.54, 1.807) is 0 Å². The van der Waals surface area contributed by atoms with Crippen LogP contribution >= 0.6 is 11.3 Å². The van der Waals surface area contributed by atoms with E-state index in [-0.39, 0.29) is 0 Å². The molecule has 0 atom stereocenters. The molecule has 0 saturated heterocycles. The van der Waals surface area contributed by atoms with Crippen molar-refractivity contribution in [2.45, 2.75) is 0 Å². The standard InChI is InChI=1S/C53H31N3OS/c1-3-12-33(13-4-1)43-31-44(56-53(55-43)42-19-11-18-38-37-16-7-9-20-46(37)57-52(38)42)34-24-22-32(23-25-34)36-26-27-39-45(30-36)54-51(35-14-5-2-6-15-35)41-28-29-48-50(49(39)41)40-17-8-10-21-47(40)58-48/h1-31H. The van der Waals surface area contributed by atoms with E-state index >= 15 is 0 Å². The minimum atomic E-state index is 0.625. The van der Waals surface area contributed by atoms with Gasteiger partial charge in [0.1, 0.15) is 11.2 Å². The molecule has 0 saturated carbocycles. The van der Waals surface area contributed by atoms with Crippen molar-refractivity contribution in [3.8, 4) is 56.3 Å². The molecular formula is C53H31N3OS. The highest BCUT2D eigenvalue weighted by molar-refractivity contribution is 7.26. The second-order valence-electron chi connectivity index (χ2n) is 14.7. The van der Waals surface area contributed by atoms with Gasteiger partial charge in [-0.2, -0.15) is 0 Å². The molecule has 0 amide bonds. The lowest BCUT2D eigenvalue weighted by atomic mass is 9.94. The van der Waals surface area contributed by atoms with Crippen LogP contribution in [0.3, 0.4) is 0 Å². The normalized spacial score (nSPS) is 11.8. The van der Waals surface area contributed by atoms with Gasteiger partial charge >= 0.3 is 0 Å². The number of hydrogen-bond donors (Lipinski definition) is 0. The van der Waals surface area contributed by atoms with Gasteiger partial charge in [-0.15, -0.1) is 11.3 Å². The molecule has 0 radical (unpaired) electrons. The quantitative estimate of drug-likeness (QED) is 0.164. The minimum Gasteiger partial charge on any atom is -0.455 e. The lowest BCUT2D eigenvalue weighted by Crippen LogP contribution is -1.96. The Morgan fingerprint density at radius 2 is 1.02 bits per heavy atom. The van der Waals surface area contributed by atoms with Crippen molar-refractivity contribution in [3.05, 3.63) is 188 Å². The van der Waals surface area contributed by atoms with Crippen LogP contribution in [-0.4, -0.2) is 15.0 Å². The highest BCUT2D eigenvalue weighted by Gasteiger charge is 2.19. The first-order chi connectivity index (χ1) is 28.7. The number of thiophene rings is 1. The van der Waals surface area contributed by atoms with Crippen molar-refractivity contribution in [3.63, 3.8) is 0 Å². The van der Waals surface area contributed by atoms with Crippen LogP contribution in [0.5, 0.6) is 0 Å². The first-order valence-corrected chi connectivity index (χ1v) is 20.2. The summed E-state index contributed by atoms with van der Waals surface area (Å²) < 4.78 is 9.02. The maximum Gasteiger partial charge on any atom is 0.164 e. The predicted molar refractivity (Wildman–Crippen MR) is 242 cm³/mol. The molecule has 12 rings (SSSR count). The molecule has 0 aliphatic heterocycles. The van der Waals surface area contributed by atoms with Crippen LogP contribution in [0.15, 0.2) is 192 Å². The van der Waals surface area contributed by atoms with E-state index in [1.165, 1.54) is 30.9 Å². The van der Waals surface area contributed by atoms with Crippen LogP contribution in [0.25, 0.3) is 120 Å². The Kier molecular flexibility index (Phi) is 7.37. The first kappa shape index (κ1) is 32.7. The van der Waals surface area contributed by atoms with Gasteiger partial charge in [-0.25, -0.2) is 15.0 Å². The fourth-order valence-electron chi connectivity index (χ4n) is 8.53. The molecule has 5 heteroatoms. The van der Waals surface area contributed by atoms with Crippen LogP contribution < -0.4 is 0 Å². The number of furan rings is 1. The molecule has 270 valence electrons. The molecule has 0 aliphatic rings. The SMILES string of the molecule is c1ccc(-c2cc(-c3ccc(-c4ccc5c(c4)nc(-c4ccccc4)c4ccc6sc7ccccc7c6c45)cc3)nc(-c3cccc4c3oc3ccccc34)n2)cc1. The molecule has 12 aromatic rings. The molecule has 4 heterocycles. The zero-order chi connectivity index (χ0) is 38.2. The zero-order valence-corrected chi connectivity index (χ0v) is 31.9. The van der Waals surface area contributed by atoms with E-state index in [1.807, 2.05) is 53.8 Å². The Hall–Kier alpha value is -7.47. The highest BCUT2D eigenvalue weighted by Crippen LogP contribution is 2.44. The fourth-order valence-corrected chi connectivity index (χ4v) is 9.65. The van der Waals surface area contributed by atoms with Crippen LogP contribution in [0.4, 0.5) is 0 Å². The van der Waals surface area contributed by atoms with Gasteiger partial charge in [0.15, 0.2) is 5.82 Å². The lowest BCUT2D eigenvalue weighted by molar-refractivity contribution is 0.669. The summed E-state index contributed by atoms with van der Waals surface area (Å²) in [5.41, 5.74) is 11.5. The van der Waals surface area contributed by atoms with Crippen molar-refractivity contribution in [1.82, 2.24) is 15.0 Å². The number of para-hydroxylation sites is 2. The fraction of sp³-hybridized carbons (Fsp3) is 0. The van der Waals surface area contributed by atoms with Crippen LogP contribution in [-0.2, 0) is 0 Å². The van der Waals surface area contributed by atoms with Crippen molar-refractivity contribution < 1.29 is 4.42 Å². The average Bonchev–Trinajstić information content (AvgIpc) is 3.88. The second-order valence-corrected chi connectivity index (χ2v) is 15.8. The molecule has 8 aromatic carbocycles. The van der Waals surface area contributed by atoms with Gasteiger partial charge in [0.05, 0.1) is 28.2 Å². The van der Waals surface area contributed by atoms with Gasteiger partial charge in [0.2, 0.25) is 0 Å². The van der Waals surface area contributed by atoms with Gasteiger partial charge in [-0.3, -0.25) is 0 Å². The van der Waals surface area contributed by atoms with Crippen molar-refractivity contribution >= 4 is 75.1 Å². The van der Waals surface area contributed by atoms with Gasteiger partial charge in [-0.1, -0.05) is 152 Å². The van der Waals surface area contributed by atoms with Crippen LogP contribution in [0.2, 0.25) is 0 Å². The van der Waals surface area contributed by atoms with E-state index in [0.717, 1.165) is 83.3 Å². The Labute approximate surface area is 337 Å². The Bertz CT molecular complexity index is 3550. The zero-order valence-electron chi connectivity index (χ0n) is 31.1. The van der Waals surface area contributed by atoms with Gasteiger partial charge in [-0.05, 0) is 47.5 Å². The summed E-state index contributed by atoms with van der Waals surface area (Å²) in [6, 6.07) is 66.0. The van der Waals surface area contributed by atoms with E-state index in [9.17, 15) is 0 Å². The summed E-state index contributed by atoms with van der Waals surface area (Å²) in [4.78, 5) is 15.7. The average molecular weight is 758 g/mol. The molecule has 0 spiro atoms. The molecule has 0 unspecified atom stereocenters. The van der Waals surface area contributed by atoms with E-state index in [2.05, 4.69) is 146 Å². The lowest BCUT2D eigenvalue weighted by Gasteiger charge is -2.13. The molecule has 4 aromatic heterocycles. The first-order valence-electron chi connectivity index (χ1n) is 19.4. The monoisotopic (exact) mass is 757 g/mol. The van der Waals surface area contributed by atoms with Crippen LogP contribution in [0.1, 0.15) is 0 Å². The molecule has 4 nitrogen and oxygen atoms in total. The van der Waals surface area contributed by atoms with Gasteiger partial charge in [0.25, 0.3) is 0 Å². The summed E-state index contributed by atoms with van der Waals surface area (Å²) >= 11 is 1.85. The molecular weight excluding hydrogens is 727 g/mol. The molecule has 58 heavy (non-hydrogen) atoms. The molecule has 0 bridgehead atoms. The second kappa shape index (κ2) is 13.1. The summed E-state index contributed by atoms with van der Waals surface area (Å²) in [5, 5.41) is 8.30. The maximum atomic E-state index is 6.43. The predicted octanol–water partition coefficient (Wildman–Crippen LogP) is 14.8. The topological polar surface area (TPSA) is 51.8 Å². The molecule has 0 N–H and O–H groups in total. The number of fused-ring (bicyclic) bond motifs is 10. The number of aromatic nitrogens is 3. The van der Waals surface area contributed by atoms with Gasteiger partial charge in [0, 0.05) is 63.8 Å². The minimum absolute atomic E-state index is 0.625.